The highest BCUT2D eigenvalue weighted by Gasteiger charge is 2.19. The third-order valence-electron chi connectivity index (χ3n) is 1.94. The second-order valence-electron chi connectivity index (χ2n) is 3.06. The molecule has 0 bridgehead atoms. The Kier molecular flexibility index (Phi) is 4.43. The minimum absolute atomic E-state index is 0.0267. The standard InChI is InChI=1S/C10H8ClN3O3/c11-9-7(10(15)13-6-2-5-12)3-1-4-8(9)14(16)17/h1,3-4H,2,6H2,(H,13,15). The molecule has 88 valence electrons. The zero-order chi connectivity index (χ0) is 12.8. The number of nitrogens with zero attached hydrogens (tertiary/aromatic N) is 2. The summed E-state index contributed by atoms with van der Waals surface area (Å²) in [4.78, 5) is 21.5. The van der Waals surface area contributed by atoms with E-state index in [0.717, 1.165) is 0 Å². The van der Waals surface area contributed by atoms with Crippen LogP contribution in [0.15, 0.2) is 18.2 Å². The van der Waals surface area contributed by atoms with E-state index in [9.17, 15) is 14.9 Å². The van der Waals surface area contributed by atoms with Crippen molar-refractivity contribution in [2.45, 2.75) is 6.42 Å². The molecule has 6 nitrogen and oxygen atoms in total. The fourth-order valence-corrected chi connectivity index (χ4v) is 1.44. The summed E-state index contributed by atoms with van der Waals surface area (Å²) in [5.74, 6) is -0.533. The van der Waals surface area contributed by atoms with Gasteiger partial charge in [-0.2, -0.15) is 5.26 Å². The summed E-state index contributed by atoms with van der Waals surface area (Å²) in [6.45, 7) is 0.175. The van der Waals surface area contributed by atoms with Crippen molar-refractivity contribution >= 4 is 23.2 Å². The Morgan fingerprint density at radius 3 is 2.88 bits per heavy atom. The Bertz CT molecular complexity index is 496. The van der Waals surface area contributed by atoms with E-state index in [1.807, 2.05) is 6.07 Å². The molecule has 1 aromatic rings. The number of carbonyl (C=O) groups excluding carboxylic acids is 1. The zero-order valence-electron chi connectivity index (χ0n) is 8.64. The van der Waals surface area contributed by atoms with Crippen LogP contribution in [0.5, 0.6) is 0 Å². The summed E-state index contributed by atoms with van der Waals surface area (Å²) in [5, 5.41) is 21.1. The molecule has 0 aliphatic carbocycles. The SMILES string of the molecule is N#CCCNC(=O)c1cccc([N+](=O)[O-])c1Cl. The Morgan fingerprint density at radius 1 is 1.59 bits per heavy atom. The molecule has 1 amide bonds. The normalized spacial score (nSPS) is 9.41. The first-order valence-electron chi connectivity index (χ1n) is 4.66. The Morgan fingerprint density at radius 2 is 2.29 bits per heavy atom. The molecule has 0 heterocycles. The molecule has 0 unspecified atom stereocenters. The van der Waals surface area contributed by atoms with Crippen molar-refractivity contribution < 1.29 is 9.72 Å². The summed E-state index contributed by atoms with van der Waals surface area (Å²) in [6.07, 6.45) is 0.165. The van der Waals surface area contributed by atoms with Gasteiger partial charge in [-0.1, -0.05) is 17.7 Å². The number of nitro groups is 1. The van der Waals surface area contributed by atoms with E-state index in [1.165, 1.54) is 18.2 Å². The first-order valence-corrected chi connectivity index (χ1v) is 5.03. The van der Waals surface area contributed by atoms with Gasteiger partial charge in [0.2, 0.25) is 0 Å². The minimum Gasteiger partial charge on any atom is -0.351 e. The largest absolute Gasteiger partial charge is 0.351 e. The number of benzene rings is 1. The van der Waals surface area contributed by atoms with E-state index in [1.54, 1.807) is 0 Å². The molecule has 0 atom stereocenters. The predicted molar refractivity (Wildman–Crippen MR) is 60.7 cm³/mol. The maximum Gasteiger partial charge on any atom is 0.288 e. The highest BCUT2D eigenvalue weighted by molar-refractivity contribution is 6.35. The molecular formula is C10H8ClN3O3. The molecule has 1 rings (SSSR count). The van der Waals surface area contributed by atoms with Crippen LogP contribution in [0.4, 0.5) is 5.69 Å². The van der Waals surface area contributed by atoms with E-state index < -0.39 is 10.8 Å². The van der Waals surface area contributed by atoms with Crippen LogP contribution in [-0.2, 0) is 0 Å². The maximum atomic E-state index is 11.6. The van der Waals surface area contributed by atoms with Crippen LogP contribution in [0.2, 0.25) is 5.02 Å². The summed E-state index contributed by atoms with van der Waals surface area (Å²) >= 11 is 5.74. The fourth-order valence-electron chi connectivity index (χ4n) is 1.16. The monoisotopic (exact) mass is 253 g/mol. The molecule has 0 spiro atoms. The molecule has 17 heavy (non-hydrogen) atoms. The highest BCUT2D eigenvalue weighted by atomic mass is 35.5. The smallest absolute Gasteiger partial charge is 0.288 e. The van der Waals surface area contributed by atoms with Gasteiger partial charge in [0.05, 0.1) is 23.0 Å². The lowest BCUT2D eigenvalue weighted by atomic mass is 10.2. The average molecular weight is 254 g/mol. The van der Waals surface area contributed by atoms with E-state index in [-0.39, 0.29) is 29.2 Å². The predicted octanol–water partition coefficient (Wildman–Crippen LogP) is 1.89. The van der Waals surface area contributed by atoms with E-state index in [0.29, 0.717) is 0 Å². The van der Waals surface area contributed by atoms with Crippen molar-refractivity contribution in [1.29, 1.82) is 5.26 Å². The van der Waals surface area contributed by atoms with Crippen LogP contribution < -0.4 is 5.32 Å². The molecule has 0 radical (unpaired) electrons. The molecule has 0 aliphatic heterocycles. The highest BCUT2D eigenvalue weighted by Crippen LogP contribution is 2.27. The lowest BCUT2D eigenvalue weighted by Crippen LogP contribution is -2.24. The summed E-state index contributed by atoms with van der Waals surface area (Å²) in [6, 6.07) is 5.84. The first-order chi connectivity index (χ1) is 8.07. The van der Waals surface area contributed by atoms with Crippen molar-refractivity contribution in [3.8, 4) is 6.07 Å². The molecule has 7 heteroatoms. The minimum atomic E-state index is -0.658. The summed E-state index contributed by atoms with van der Waals surface area (Å²) in [5.41, 5.74) is -0.293. The maximum absolute atomic E-state index is 11.6. The van der Waals surface area contributed by atoms with Crippen molar-refractivity contribution in [3.05, 3.63) is 38.9 Å². The van der Waals surface area contributed by atoms with Crippen molar-refractivity contribution in [2.75, 3.05) is 6.54 Å². The molecule has 1 N–H and O–H groups in total. The second kappa shape index (κ2) is 5.82. The van der Waals surface area contributed by atoms with Gasteiger partial charge in [0, 0.05) is 12.6 Å². The number of nitriles is 1. The van der Waals surface area contributed by atoms with Gasteiger partial charge in [0.1, 0.15) is 5.02 Å². The van der Waals surface area contributed by atoms with Gasteiger partial charge >= 0.3 is 0 Å². The van der Waals surface area contributed by atoms with Gasteiger partial charge in [-0.05, 0) is 6.07 Å². The summed E-state index contributed by atoms with van der Waals surface area (Å²) in [7, 11) is 0. The average Bonchev–Trinajstić information content (AvgIpc) is 2.29. The lowest BCUT2D eigenvalue weighted by molar-refractivity contribution is -0.384. The number of halogens is 1. The van der Waals surface area contributed by atoms with Crippen LogP contribution in [0, 0.1) is 21.4 Å². The van der Waals surface area contributed by atoms with Gasteiger partial charge < -0.3 is 5.32 Å². The third kappa shape index (κ3) is 3.16. The van der Waals surface area contributed by atoms with Crippen LogP contribution in [-0.4, -0.2) is 17.4 Å². The van der Waals surface area contributed by atoms with Crippen LogP contribution in [0.1, 0.15) is 16.8 Å². The number of hydrogen-bond donors (Lipinski definition) is 1. The Balaban J connectivity index is 2.92. The van der Waals surface area contributed by atoms with Gasteiger partial charge in [0.15, 0.2) is 0 Å². The lowest BCUT2D eigenvalue weighted by Gasteiger charge is -2.04. The third-order valence-corrected chi connectivity index (χ3v) is 2.34. The van der Waals surface area contributed by atoms with Crippen LogP contribution >= 0.6 is 11.6 Å². The molecule has 0 aliphatic rings. The zero-order valence-corrected chi connectivity index (χ0v) is 9.40. The topological polar surface area (TPSA) is 96.0 Å². The fraction of sp³-hybridized carbons (Fsp3) is 0.200. The van der Waals surface area contributed by atoms with Gasteiger partial charge in [-0.15, -0.1) is 0 Å². The van der Waals surface area contributed by atoms with Gasteiger partial charge in [-0.25, -0.2) is 0 Å². The van der Waals surface area contributed by atoms with Gasteiger partial charge in [0.25, 0.3) is 11.6 Å². The molecule has 0 fully saturated rings. The number of hydrogen-bond acceptors (Lipinski definition) is 4. The van der Waals surface area contributed by atoms with Gasteiger partial charge in [-0.3, -0.25) is 14.9 Å². The number of carbonyl (C=O) groups is 1. The van der Waals surface area contributed by atoms with E-state index >= 15 is 0 Å². The number of nitro benzene ring substituents is 1. The summed E-state index contributed by atoms with van der Waals surface area (Å²) < 4.78 is 0. The molecule has 0 saturated carbocycles. The number of amides is 1. The molecule has 0 saturated heterocycles. The Labute approximate surface area is 102 Å². The van der Waals surface area contributed by atoms with Crippen LogP contribution in [0.3, 0.4) is 0 Å². The molecule has 1 aromatic carbocycles. The van der Waals surface area contributed by atoms with Crippen molar-refractivity contribution in [3.63, 3.8) is 0 Å². The van der Waals surface area contributed by atoms with E-state index in [4.69, 9.17) is 16.9 Å². The number of nitrogens with one attached hydrogen (secondary N) is 1. The first kappa shape index (κ1) is 12.9. The van der Waals surface area contributed by atoms with Crippen molar-refractivity contribution in [2.24, 2.45) is 0 Å². The van der Waals surface area contributed by atoms with Crippen LogP contribution in [0.25, 0.3) is 0 Å². The second-order valence-corrected chi connectivity index (χ2v) is 3.44. The Hall–Kier alpha value is -2.13. The quantitative estimate of drug-likeness (QED) is 0.503. The van der Waals surface area contributed by atoms with Crippen molar-refractivity contribution in [1.82, 2.24) is 5.32 Å². The van der Waals surface area contributed by atoms with E-state index in [2.05, 4.69) is 5.32 Å². The molecule has 0 aromatic heterocycles. The molecular weight excluding hydrogens is 246 g/mol. The number of rotatable bonds is 4.